The van der Waals surface area contributed by atoms with Gasteiger partial charge < -0.3 is 0 Å². The zero-order valence-corrected chi connectivity index (χ0v) is 23.2. The fraction of sp³-hybridized carbons (Fsp3) is 0.800. The van der Waals surface area contributed by atoms with Crippen molar-refractivity contribution < 1.29 is 0 Å². The Morgan fingerprint density at radius 3 is 1.19 bits per heavy atom. The molecule has 0 nitrogen and oxygen atoms in total. The van der Waals surface area contributed by atoms with Gasteiger partial charge in [0, 0.05) is 0 Å². The van der Waals surface area contributed by atoms with Crippen LogP contribution in [0.3, 0.4) is 0 Å². The van der Waals surface area contributed by atoms with E-state index in [9.17, 15) is 0 Å². The van der Waals surface area contributed by atoms with Gasteiger partial charge in [0.25, 0.3) is 0 Å². The quantitative estimate of drug-likeness (QED) is 0.186. The lowest BCUT2D eigenvalue weighted by molar-refractivity contribution is 0.448. The van der Waals surface area contributed by atoms with E-state index < -0.39 is 8.07 Å². The van der Waals surface area contributed by atoms with Crippen LogP contribution in [0.4, 0.5) is 0 Å². The average Bonchev–Trinajstić information content (AvgIpc) is 2.82. The van der Waals surface area contributed by atoms with Crippen LogP contribution in [-0.2, 0) is 0 Å². The maximum Gasteiger partial charge on any atom is 0.0875 e. The fourth-order valence-corrected chi connectivity index (χ4v) is 12.8. The minimum Gasteiger partial charge on any atom is -0.0654 e. The Kier molecular flexibility index (Phi) is 15.6. The zero-order chi connectivity index (χ0) is 23.0. The normalized spacial score (nSPS) is 15.0. The first-order valence-electron chi connectivity index (χ1n) is 14.1. The molecule has 0 bridgehead atoms. The summed E-state index contributed by atoms with van der Waals surface area (Å²) in [7, 11) is -1.57. The summed E-state index contributed by atoms with van der Waals surface area (Å²) in [6.45, 7) is 14.5. The highest BCUT2D eigenvalue weighted by Crippen LogP contribution is 2.38. The van der Waals surface area contributed by atoms with E-state index >= 15 is 0 Å². The van der Waals surface area contributed by atoms with Crippen LogP contribution in [-0.4, -0.2) is 8.07 Å². The van der Waals surface area contributed by atoms with Gasteiger partial charge in [-0.1, -0.05) is 172 Å². The number of rotatable bonds is 19. The van der Waals surface area contributed by atoms with E-state index in [1.807, 2.05) is 0 Å². The van der Waals surface area contributed by atoms with E-state index in [4.69, 9.17) is 0 Å². The van der Waals surface area contributed by atoms with Crippen LogP contribution in [0.15, 0.2) is 30.3 Å². The van der Waals surface area contributed by atoms with Gasteiger partial charge in [0.2, 0.25) is 0 Å². The van der Waals surface area contributed by atoms with Crippen molar-refractivity contribution in [3.05, 3.63) is 30.3 Å². The monoisotopic (exact) mass is 444 g/mol. The maximum absolute atomic E-state index is 2.54. The van der Waals surface area contributed by atoms with Crippen molar-refractivity contribution >= 4 is 13.3 Å². The second-order valence-electron chi connectivity index (χ2n) is 10.5. The van der Waals surface area contributed by atoms with E-state index in [0.29, 0.717) is 0 Å². The van der Waals surface area contributed by atoms with Crippen molar-refractivity contribution in [2.75, 3.05) is 0 Å². The van der Waals surface area contributed by atoms with Crippen molar-refractivity contribution in [2.24, 2.45) is 17.8 Å². The highest BCUT2D eigenvalue weighted by Gasteiger charge is 2.40. The molecule has 0 N–H and O–H groups in total. The van der Waals surface area contributed by atoms with Gasteiger partial charge in [0.05, 0.1) is 8.07 Å². The molecule has 0 aliphatic heterocycles. The molecule has 0 unspecified atom stereocenters. The van der Waals surface area contributed by atoms with Crippen molar-refractivity contribution in [2.45, 2.75) is 137 Å². The van der Waals surface area contributed by atoms with Gasteiger partial charge in [-0.15, -0.1) is 0 Å². The molecule has 0 aromatic heterocycles. The first-order chi connectivity index (χ1) is 15.1. The molecule has 0 saturated carbocycles. The van der Waals surface area contributed by atoms with Gasteiger partial charge in [-0.25, -0.2) is 0 Å². The molecule has 0 fully saturated rings. The largest absolute Gasteiger partial charge is 0.0875 e. The van der Waals surface area contributed by atoms with Gasteiger partial charge in [0.1, 0.15) is 0 Å². The van der Waals surface area contributed by atoms with Crippen molar-refractivity contribution in [3.63, 3.8) is 0 Å². The Balaban J connectivity index is 3.35. The topological polar surface area (TPSA) is 0 Å². The van der Waals surface area contributed by atoms with Gasteiger partial charge in [-0.2, -0.15) is 0 Å². The smallest absolute Gasteiger partial charge is 0.0654 e. The third-order valence-electron chi connectivity index (χ3n) is 8.05. The Labute approximate surface area is 198 Å². The molecule has 0 aliphatic carbocycles. The summed E-state index contributed by atoms with van der Waals surface area (Å²) in [6, 6.07) is 16.6. The standard InChI is InChI=1S/C30H56Si/c1-7-13-19-27(10-4)24-31(30-22-17-16-18-23-30,25-28(11-5)20-14-8-2)26-29(12-6)21-15-9-3/h16-18,22-23,27-29H,7-15,19-21,24-26H2,1-6H3/t27-,28-,29-/m1/s1. The van der Waals surface area contributed by atoms with Crippen LogP contribution in [0, 0.1) is 17.8 Å². The maximum atomic E-state index is 2.54. The molecule has 3 atom stereocenters. The van der Waals surface area contributed by atoms with Crippen LogP contribution in [0.25, 0.3) is 0 Å². The Bertz CT molecular complexity index is 477. The third-order valence-corrected chi connectivity index (χ3v) is 13.7. The summed E-state index contributed by atoms with van der Waals surface area (Å²) >= 11 is 0. The highest BCUT2D eigenvalue weighted by atomic mass is 28.3. The van der Waals surface area contributed by atoms with Crippen molar-refractivity contribution in [1.82, 2.24) is 0 Å². The van der Waals surface area contributed by atoms with Gasteiger partial charge in [-0.3, -0.25) is 0 Å². The minimum atomic E-state index is -1.57. The third kappa shape index (κ3) is 10.3. The Morgan fingerprint density at radius 1 is 0.548 bits per heavy atom. The molecule has 0 radical (unpaired) electrons. The molecule has 31 heavy (non-hydrogen) atoms. The summed E-state index contributed by atoms with van der Waals surface area (Å²) < 4.78 is 0. The molecule has 0 amide bonds. The molecule has 0 heterocycles. The Morgan fingerprint density at radius 2 is 0.903 bits per heavy atom. The van der Waals surface area contributed by atoms with E-state index in [2.05, 4.69) is 71.9 Å². The lowest BCUT2D eigenvalue weighted by atomic mass is 10.0. The fourth-order valence-electron chi connectivity index (χ4n) is 5.88. The molecule has 1 aromatic rings. The van der Waals surface area contributed by atoms with Crippen molar-refractivity contribution in [3.8, 4) is 0 Å². The lowest BCUT2D eigenvalue weighted by Gasteiger charge is -2.41. The second-order valence-corrected chi connectivity index (χ2v) is 14.9. The summed E-state index contributed by atoms with van der Waals surface area (Å²) in [4.78, 5) is 0. The number of hydrogen-bond acceptors (Lipinski definition) is 0. The minimum absolute atomic E-state index is 0.930. The molecule has 1 aromatic carbocycles. The van der Waals surface area contributed by atoms with Gasteiger partial charge in [0.15, 0.2) is 0 Å². The molecule has 0 aliphatic rings. The molecule has 1 heteroatoms. The number of unbranched alkanes of at least 4 members (excludes halogenated alkanes) is 3. The SMILES string of the molecule is CCCC[C@@H](CC)C[Si](C[C@H](CC)CCCC)(C[C@H](CC)CCCC)c1ccccc1. The van der Waals surface area contributed by atoms with Crippen LogP contribution in [0.1, 0.15) is 119 Å². The average molecular weight is 445 g/mol. The number of hydrogen-bond donors (Lipinski definition) is 0. The summed E-state index contributed by atoms with van der Waals surface area (Å²) in [5.41, 5.74) is 0. The van der Waals surface area contributed by atoms with Crippen LogP contribution in [0.5, 0.6) is 0 Å². The van der Waals surface area contributed by atoms with E-state index in [1.54, 1.807) is 23.3 Å². The van der Waals surface area contributed by atoms with E-state index in [-0.39, 0.29) is 0 Å². The highest BCUT2D eigenvalue weighted by molar-refractivity contribution is 6.92. The molecule has 1 rings (SSSR count). The summed E-state index contributed by atoms with van der Waals surface area (Å²) in [6.07, 6.45) is 16.8. The molecule has 0 saturated heterocycles. The summed E-state index contributed by atoms with van der Waals surface area (Å²) in [5.74, 6) is 2.79. The Hall–Kier alpha value is -0.563. The first kappa shape index (κ1) is 28.5. The van der Waals surface area contributed by atoms with Crippen LogP contribution in [0.2, 0.25) is 18.1 Å². The molecule has 0 spiro atoms. The number of benzene rings is 1. The summed E-state index contributed by atoms with van der Waals surface area (Å²) in [5, 5.41) is 1.79. The lowest BCUT2D eigenvalue weighted by Crippen LogP contribution is -2.51. The zero-order valence-electron chi connectivity index (χ0n) is 22.2. The second kappa shape index (κ2) is 17.0. The van der Waals surface area contributed by atoms with E-state index in [1.165, 1.54) is 77.0 Å². The van der Waals surface area contributed by atoms with Crippen LogP contribution >= 0.6 is 0 Å². The van der Waals surface area contributed by atoms with Crippen molar-refractivity contribution in [1.29, 1.82) is 0 Å². The van der Waals surface area contributed by atoms with Gasteiger partial charge in [-0.05, 0) is 17.8 Å². The molecular weight excluding hydrogens is 388 g/mol. The molecule has 180 valence electrons. The first-order valence-corrected chi connectivity index (χ1v) is 16.8. The van der Waals surface area contributed by atoms with Crippen LogP contribution < -0.4 is 5.19 Å². The molecular formula is C30H56Si. The predicted molar refractivity (Wildman–Crippen MR) is 146 cm³/mol. The van der Waals surface area contributed by atoms with Gasteiger partial charge >= 0.3 is 0 Å². The van der Waals surface area contributed by atoms with E-state index in [0.717, 1.165) is 17.8 Å². The predicted octanol–water partition coefficient (Wildman–Crippen LogP) is 9.99.